The third kappa shape index (κ3) is 5.01. The van der Waals surface area contributed by atoms with Gasteiger partial charge < -0.3 is 18.7 Å². The van der Waals surface area contributed by atoms with E-state index >= 15 is 0 Å². The van der Waals surface area contributed by atoms with Gasteiger partial charge in [-0.05, 0) is 52.0 Å². The van der Waals surface area contributed by atoms with E-state index in [-0.39, 0.29) is 0 Å². The van der Waals surface area contributed by atoms with E-state index in [9.17, 15) is 9.59 Å². The molecular weight excluding hydrogens is 737 g/mol. The Hall–Kier alpha value is -7.00. The molecule has 4 aliphatic rings. The number of hydrogen-bond acceptors (Lipinski definition) is 10. The smallest absolute Gasteiger partial charge is 0.435 e. The molecule has 0 saturated heterocycles. The molecule has 0 atom stereocenters. The number of hydrogen-bond donors (Lipinski definition) is 0. The molecular formula is C42H36N10O4Si. The van der Waals surface area contributed by atoms with Crippen LogP contribution in [0.25, 0.3) is 21.5 Å². The van der Waals surface area contributed by atoms with Crippen LogP contribution in [-0.2, 0) is 8.85 Å². The monoisotopic (exact) mass is 772 g/mol. The first-order chi connectivity index (χ1) is 27.3. The van der Waals surface area contributed by atoms with Gasteiger partial charge in [0.05, 0.1) is 0 Å². The number of amides is 2. The van der Waals surface area contributed by atoms with Gasteiger partial charge in [-0.25, -0.2) is 39.5 Å². The number of carbonyl (C=O) groups excluding carboxylic acids is 2. The molecule has 0 radical (unpaired) electrons. The topological polar surface area (TPSA) is 143 Å². The predicted molar refractivity (Wildman–Crippen MR) is 220 cm³/mol. The van der Waals surface area contributed by atoms with Crippen molar-refractivity contribution in [1.29, 1.82) is 0 Å². The van der Waals surface area contributed by atoms with Gasteiger partial charge in [-0.3, -0.25) is 8.47 Å². The Morgan fingerprint density at radius 1 is 0.474 bits per heavy atom. The van der Waals surface area contributed by atoms with Crippen molar-refractivity contribution < 1.29 is 18.4 Å². The van der Waals surface area contributed by atoms with E-state index in [1.165, 1.54) is 9.80 Å². The fourth-order valence-electron chi connectivity index (χ4n) is 7.71. The minimum absolute atomic E-state index is 0.321. The number of fused-ring (bicyclic) bond motifs is 14. The first-order valence-corrected chi connectivity index (χ1v) is 20.1. The number of benzene rings is 4. The zero-order chi connectivity index (χ0) is 39.7. The summed E-state index contributed by atoms with van der Waals surface area (Å²) in [6.45, 7) is 8.01. The van der Waals surface area contributed by atoms with Gasteiger partial charge in [0.2, 0.25) is 0 Å². The minimum Gasteiger partial charge on any atom is -0.435 e. The average molecular weight is 773 g/mol. The maximum atomic E-state index is 14.4. The fraction of sp³-hybridized carbons (Fsp3) is 0.190. The molecule has 6 aromatic rings. The lowest BCUT2D eigenvalue weighted by atomic mass is 10.0. The highest BCUT2D eigenvalue weighted by Gasteiger charge is 2.60. The molecule has 2 aromatic heterocycles. The summed E-state index contributed by atoms with van der Waals surface area (Å²) < 4.78 is 17.1. The molecule has 14 nitrogen and oxygen atoms in total. The number of carbonyl (C=O) groups is 2. The highest BCUT2D eigenvalue weighted by Crippen LogP contribution is 2.44. The first-order valence-electron chi connectivity index (χ1n) is 18.4. The summed E-state index contributed by atoms with van der Waals surface area (Å²) in [5.74, 6) is 2.22. The second kappa shape index (κ2) is 12.0. The fourth-order valence-corrected chi connectivity index (χ4v) is 10.9. The van der Waals surface area contributed by atoms with Gasteiger partial charge in [0.1, 0.15) is 22.6 Å². The van der Waals surface area contributed by atoms with Crippen molar-refractivity contribution >= 4 is 77.6 Å². The minimum atomic E-state index is -4.98. The highest BCUT2D eigenvalue weighted by molar-refractivity contribution is 6.69. The Morgan fingerprint density at radius 2 is 0.895 bits per heavy atom. The van der Waals surface area contributed by atoms with Crippen LogP contribution in [0.2, 0.25) is 0 Å². The van der Waals surface area contributed by atoms with Crippen LogP contribution in [0.5, 0.6) is 0 Å². The van der Waals surface area contributed by atoms with Gasteiger partial charge in [0.15, 0.2) is 23.3 Å². The summed E-state index contributed by atoms with van der Waals surface area (Å²) in [5, 5.41) is 2.68. The third-order valence-corrected chi connectivity index (χ3v) is 13.3. The Bertz CT molecular complexity index is 3110. The van der Waals surface area contributed by atoms with Crippen LogP contribution >= 0.6 is 0 Å². The van der Waals surface area contributed by atoms with Gasteiger partial charge in [0.25, 0.3) is 0 Å². The normalized spacial score (nSPS) is 15.3. The Balaban J connectivity index is 1.55. The zero-order valence-corrected chi connectivity index (χ0v) is 33.5. The molecule has 6 heterocycles. The Kier molecular flexibility index (Phi) is 7.26. The van der Waals surface area contributed by atoms with Crippen molar-refractivity contribution in [3.63, 3.8) is 0 Å². The molecule has 57 heavy (non-hydrogen) atoms. The molecule has 0 aliphatic carbocycles. The molecule has 15 heteroatoms. The van der Waals surface area contributed by atoms with Gasteiger partial charge in [-0.1, -0.05) is 70.8 Å². The molecule has 0 fully saturated rings. The standard InChI is InChI=1S/C42H36N10O4Si/c1-21-9-13-25-29(17-21)35-43-33(25)45-39-32-20-24(4)12-16-28(32)38-48-36-30-18-22(2)10-14-26(30)34(44-36)46-40-31-19-23(3)11-15-27(31)37(47-35)51(40)57(52(38)39,55-41(53)49(5)6)56-42(54)50(7)8/h9-20H,1-8H3. The van der Waals surface area contributed by atoms with Gasteiger partial charge in [-0.15, -0.1) is 0 Å². The summed E-state index contributed by atoms with van der Waals surface area (Å²) in [5.41, 5.74) is 7.66. The number of rotatable bonds is 2. The van der Waals surface area contributed by atoms with Crippen LogP contribution in [0.4, 0.5) is 21.2 Å². The first kappa shape index (κ1) is 34.5. The molecule has 0 unspecified atom stereocenters. The molecule has 2 amide bonds. The molecule has 10 rings (SSSR count). The van der Waals surface area contributed by atoms with E-state index in [0.717, 1.165) is 44.5 Å². The molecule has 0 N–H and O–H groups in total. The van der Waals surface area contributed by atoms with Crippen LogP contribution in [0.15, 0.2) is 103 Å². The molecule has 282 valence electrons. The summed E-state index contributed by atoms with van der Waals surface area (Å²) in [4.78, 5) is 63.0. The van der Waals surface area contributed by atoms with E-state index in [0.29, 0.717) is 67.5 Å². The number of aromatic nitrogens is 2. The number of aryl methyl sites for hydroxylation is 4. The second-order valence-electron chi connectivity index (χ2n) is 15.2. The number of nitrogens with zero attached hydrogens (tertiary/aromatic N) is 10. The highest BCUT2D eigenvalue weighted by atomic mass is 28.4. The van der Waals surface area contributed by atoms with Gasteiger partial charge in [-0.2, -0.15) is 0 Å². The second-order valence-corrected chi connectivity index (χ2v) is 17.6. The molecule has 0 spiro atoms. The number of aliphatic imine (C=N–C) groups is 4. The number of amidine groups is 4. The van der Waals surface area contributed by atoms with Crippen molar-refractivity contribution in [3.8, 4) is 0 Å². The zero-order valence-electron chi connectivity index (χ0n) is 32.5. The molecule has 6 bridgehead atoms. The average Bonchev–Trinajstić information content (AvgIpc) is 3.86. The van der Waals surface area contributed by atoms with Gasteiger partial charge >= 0.3 is 21.1 Å². The van der Waals surface area contributed by atoms with E-state index in [1.807, 2.05) is 100 Å². The largest absolute Gasteiger partial charge is 0.744 e. The maximum absolute atomic E-state index is 14.4. The summed E-state index contributed by atoms with van der Waals surface area (Å²) in [6, 6.07) is 24.0. The quantitative estimate of drug-likeness (QED) is 0.199. The SMILES string of the molecule is Cc1ccc2c(c1)C1=NC2=Nc2c3cc(C)ccc3c3n2[Si](OC(=O)N(C)C)(OC(=O)N(C)C)n2c(c4ccc(C)cc4c2=NC2=NC(=N3)c3cc(C)ccc32)=N1. The van der Waals surface area contributed by atoms with Gasteiger partial charge in [0, 0.05) is 72.0 Å². The van der Waals surface area contributed by atoms with Crippen molar-refractivity contribution in [3.05, 3.63) is 128 Å². The third-order valence-electron chi connectivity index (χ3n) is 10.5. The summed E-state index contributed by atoms with van der Waals surface area (Å²) >= 11 is 0. The van der Waals surface area contributed by atoms with E-state index in [1.54, 1.807) is 36.7 Å². The lowest BCUT2D eigenvalue weighted by Gasteiger charge is -2.33. The summed E-state index contributed by atoms with van der Waals surface area (Å²) in [7, 11) is 1.33. The van der Waals surface area contributed by atoms with Crippen molar-refractivity contribution in [2.45, 2.75) is 27.7 Å². The van der Waals surface area contributed by atoms with E-state index in [2.05, 4.69) is 0 Å². The van der Waals surface area contributed by atoms with Crippen LogP contribution in [-0.4, -0.2) is 90.9 Å². The summed E-state index contributed by atoms with van der Waals surface area (Å²) in [6.07, 6.45) is -1.53. The molecule has 4 aromatic carbocycles. The maximum Gasteiger partial charge on any atom is 0.744 e. The van der Waals surface area contributed by atoms with Crippen molar-refractivity contribution in [2.75, 3.05) is 28.2 Å². The van der Waals surface area contributed by atoms with Crippen LogP contribution in [0.3, 0.4) is 0 Å². The Labute approximate surface area is 327 Å². The van der Waals surface area contributed by atoms with Crippen LogP contribution in [0, 0.1) is 27.7 Å². The van der Waals surface area contributed by atoms with Crippen LogP contribution < -0.4 is 11.0 Å². The van der Waals surface area contributed by atoms with E-state index < -0.39 is 21.1 Å². The van der Waals surface area contributed by atoms with Crippen LogP contribution in [0.1, 0.15) is 44.5 Å². The van der Waals surface area contributed by atoms with Crippen molar-refractivity contribution in [1.82, 2.24) is 18.3 Å². The lowest BCUT2D eigenvalue weighted by Crippen LogP contribution is -2.66. The molecule has 4 aliphatic heterocycles. The predicted octanol–water partition coefficient (Wildman–Crippen LogP) is 6.00. The van der Waals surface area contributed by atoms with E-state index in [4.69, 9.17) is 38.8 Å². The lowest BCUT2D eigenvalue weighted by molar-refractivity contribution is 0.124. The molecule has 0 saturated carbocycles. The Morgan fingerprint density at radius 3 is 1.46 bits per heavy atom. The van der Waals surface area contributed by atoms with Crippen molar-refractivity contribution in [2.24, 2.45) is 30.0 Å².